The molecular weight excluding hydrogens is 558 g/mol. The molecule has 0 radical (unpaired) electrons. The van der Waals surface area contributed by atoms with Gasteiger partial charge in [0.15, 0.2) is 5.96 Å². The lowest BCUT2D eigenvalue weighted by Gasteiger charge is -2.35. The average molecular weight is 594 g/mol. The summed E-state index contributed by atoms with van der Waals surface area (Å²) in [7, 11) is 0. The molecule has 0 aliphatic heterocycles. The highest BCUT2D eigenvalue weighted by Crippen LogP contribution is 2.28. The average Bonchev–Trinajstić information content (AvgIpc) is 3.00. The lowest BCUT2D eigenvalue weighted by atomic mass is 9.91. The van der Waals surface area contributed by atoms with Gasteiger partial charge in [-0.25, -0.2) is 19.2 Å². The largest absolute Gasteiger partial charge is 0.479 e. The standard InChI is InChI=1S/C30H32N4O8.H3N/c31-27(32)33-18-10-17-30(25(35)36,26(37)40-19-22-11-4-1-5-12-22)34(28(38)41-20-23-13-6-2-7-14-23)29(39)42-21-24-15-8-3-9-16-24;/h1-9,11-16H,10,17-21H2,(H,35,36)(H4,31,32,33);1H3. The number of ether oxygens (including phenoxy) is 3. The number of aliphatic imine (C=N–C) groups is 1. The molecule has 0 fully saturated rings. The molecule has 1 atom stereocenters. The van der Waals surface area contributed by atoms with Gasteiger partial charge in [0.05, 0.1) is 0 Å². The van der Waals surface area contributed by atoms with Crippen LogP contribution in [0.15, 0.2) is 96.0 Å². The Balaban J connectivity index is 0.00000645. The van der Waals surface area contributed by atoms with E-state index in [2.05, 4.69) is 4.99 Å². The number of guanidine groups is 1. The van der Waals surface area contributed by atoms with Crippen molar-refractivity contribution in [3.05, 3.63) is 108 Å². The molecule has 0 aliphatic carbocycles. The Bertz CT molecular complexity index is 1310. The van der Waals surface area contributed by atoms with Gasteiger partial charge in [0, 0.05) is 6.54 Å². The van der Waals surface area contributed by atoms with Crippen molar-refractivity contribution in [1.82, 2.24) is 11.1 Å². The Morgan fingerprint density at radius 3 is 1.47 bits per heavy atom. The van der Waals surface area contributed by atoms with E-state index in [1.165, 1.54) is 0 Å². The first kappa shape index (κ1) is 33.8. The number of amides is 2. The summed E-state index contributed by atoms with van der Waals surface area (Å²) in [5.41, 5.74) is 9.55. The van der Waals surface area contributed by atoms with Crippen LogP contribution in [0.2, 0.25) is 0 Å². The van der Waals surface area contributed by atoms with Crippen LogP contribution in [0.4, 0.5) is 9.59 Å². The molecule has 0 saturated carbocycles. The molecule has 0 bridgehead atoms. The minimum atomic E-state index is -2.88. The van der Waals surface area contributed by atoms with Crippen LogP contribution in [0, 0.1) is 0 Å². The van der Waals surface area contributed by atoms with Gasteiger partial charge in [0.1, 0.15) is 19.8 Å². The fraction of sp³-hybridized carbons (Fsp3) is 0.233. The van der Waals surface area contributed by atoms with Crippen molar-refractivity contribution in [1.29, 1.82) is 0 Å². The summed E-state index contributed by atoms with van der Waals surface area (Å²) in [4.78, 5) is 57.6. The quantitative estimate of drug-likeness (QED) is 0.0558. The Hall–Kier alpha value is -5.43. The van der Waals surface area contributed by atoms with Crippen LogP contribution < -0.4 is 17.6 Å². The van der Waals surface area contributed by atoms with Crippen molar-refractivity contribution >= 4 is 30.1 Å². The summed E-state index contributed by atoms with van der Waals surface area (Å²) in [6, 6.07) is 25.5. The zero-order valence-corrected chi connectivity index (χ0v) is 23.5. The normalized spacial score (nSPS) is 11.5. The summed E-state index contributed by atoms with van der Waals surface area (Å²) in [6.07, 6.45) is -3.57. The number of rotatable bonds is 13. The summed E-state index contributed by atoms with van der Waals surface area (Å²) >= 11 is 0. The molecule has 43 heavy (non-hydrogen) atoms. The third-order valence-corrected chi connectivity index (χ3v) is 6.05. The Morgan fingerprint density at radius 1 is 0.698 bits per heavy atom. The summed E-state index contributed by atoms with van der Waals surface area (Å²) in [6.45, 7) is -1.06. The topological polar surface area (TPSA) is 219 Å². The molecule has 3 aromatic rings. The highest BCUT2D eigenvalue weighted by molar-refractivity contribution is 6.10. The van der Waals surface area contributed by atoms with Crippen molar-refractivity contribution in [2.45, 2.75) is 38.2 Å². The van der Waals surface area contributed by atoms with Gasteiger partial charge < -0.3 is 36.9 Å². The molecule has 0 heterocycles. The SMILES string of the molecule is N.NC(N)=NCCCC(C(=O)O)(C(=O)OCc1ccccc1)N(C(=O)OCc1ccccc1)C(=O)OCc1ccccc1. The highest BCUT2D eigenvalue weighted by atomic mass is 16.6. The summed E-state index contributed by atoms with van der Waals surface area (Å²) in [5.74, 6) is -3.47. The first-order chi connectivity index (χ1) is 20.2. The molecule has 8 N–H and O–H groups in total. The number of hydrogen-bond acceptors (Lipinski definition) is 9. The minimum Gasteiger partial charge on any atom is -0.479 e. The van der Waals surface area contributed by atoms with Crippen LogP contribution in [0.5, 0.6) is 0 Å². The van der Waals surface area contributed by atoms with Gasteiger partial charge in [-0.1, -0.05) is 91.0 Å². The van der Waals surface area contributed by atoms with Gasteiger partial charge in [-0.2, -0.15) is 4.90 Å². The fourth-order valence-corrected chi connectivity index (χ4v) is 3.93. The molecule has 3 aromatic carbocycles. The number of aliphatic carboxylic acids is 1. The lowest BCUT2D eigenvalue weighted by Crippen LogP contribution is -2.64. The molecule has 0 saturated heterocycles. The number of benzene rings is 3. The molecule has 0 aliphatic rings. The Labute approximate surface area is 248 Å². The Kier molecular flexibility index (Phi) is 13.2. The number of carboxylic acids is 1. The van der Waals surface area contributed by atoms with Crippen LogP contribution in [0.25, 0.3) is 0 Å². The van der Waals surface area contributed by atoms with Gasteiger partial charge in [-0.05, 0) is 29.5 Å². The third-order valence-electron chi connectivity index (χ3n) is 6.05. The van der Waals surface area contributed by atoms with Crippen molar-refractivity contribution < 1.29 is 38.5 Å². The fourth-order valence-electron chi connectivity index (χ4n) is 3.93. The first-order valence-corrected chi connectivity index (χ1v) is 13.0. The minimum absolute atomic E-state index is 0. The highest BCUT2D eigenvalue weighted by Gasteiger charge is 2.59. The van der Waals surface area contributed by atoms with Gasteiger partial charge in [-0.3, -0.25) is 4.99 Å². The number of imide groups is 1. The van der Waals surface area contributed by atoms with E-state index in [4.69, 9.17) is 25.7 Å². The van der Waals surface area contributed by atoms with Gasteiger partial charge in [-0.15, -0.1) is 0 Å². The van der Waals surface area contributed by atoms with Crippen molar-refractivity contribution in [2.24, 2.45) is 16.5 Å². The second-order valence-corrected chi connectivity index (χ2v) is 9.05. The van der Waals surface area contributed by atoms with E-state index in [1.807, 2.05) is 0 Å². The smallest absolute Gasteiger partial charge is 0.421 e. The predicted octanol–water partition coefficient (Wildman–Crippen LogP) is 3.74. The van der Waals surface area contributed by atoms with Gasteiger partial charge in [0.2, 0.25) is 0 Å². The van der Waals surface area contributed by atoms with E-state index in [-0.39, 0.29) is 49.8 Å². The van der Waals surface area contributed by atoms with Gasteiger partial charge >= 0.3 is 24.1 Å². The number of carbonyl (C=O) groups excluding carboxylic acids is 3. The third kappa shape index (κ3) is 9.57. The Morgan fingerprint density at radius 2 is 1.09 bits per heavy atom. The van der Waals surface area contributed by atoms with Crippen LogP contribution in [-0.4, -0.2) is 52.2 Å². The van der Waals surface area contributed by atoms with Crippen LogP contribution in [-0.2, 0) is 43.6 Å². The zero-order valence-electron chi connectivity index (χ0n) is 23.5. The van der Waals surface area contributed by atoms with E-state index < -0.39 is 36.1 Å². The molecule has 13 nitrogen and oxygen atoms in total. The maximum absolute atomic E-state index is 13.7. The molecule has 0 spiro atoms. The molecule has 3 rings (SSSR count). The van der Waals surface area contributed by atoms with Gasteiger partial charge in [0.25, 0.3) is 5.54 Å². The molecule has 0 aromatic heterocycles. The number of nitrogens with two attached hydrogens (primary N) is 2. The van der Waals surface area contributed by atoms with E-state index in [9.17, 15) is 24.3 Å². The summed E-state index contributed by atoms with van der Waals surface area (Å²) in [5, 5.41) is 10.5. The maximum Gasteiger partial charge on any atom is 0.421 e. The number of nitrogens with zero attached hydrogens (tertiary/aromatic N) is 2. The van der Waals surface area contributed by atoms with Crippen molar-refractivity contribution in [3.8, 4) is 0 Å². The number of esters is 1. The number of carboxylic acid groups (broad SMARTS) is 1. The van der Waals surface area contributed by atoms with Crippen LogP contribution in [0.3, 0.4) is 0 Å². The van der Waals surface area contributed by atoms with Crippen LogP contribution >= 0.6 is 0 Å². The molecule has 2 amide bonds. The maximum atomic E-state index is 13.7. The van der Waals surface area contributed by atoms with E-state index >= 15 is 0 Å². The molecule has 13 heteroatoms. The first-order valence-electron chi connectivity index (χ1n) is 13.0. The second-order valence-electron chi connectivity index (χ2n) is 9.05. The van der Waals surface area contributed by atoms with E-state index in [1.54, 1.807) is 91.0 Å². The second kappa shape index (κ2) is 16.7. The van der Waals surface area contributed by atoms with E-state index in [0.717, 1.165) is 0 Å². The van der Waals surface area contributed by atoms with Crippen molar-refractivity contribution in [3.63, 3.8) is 0 Å². The molecular formula is C30H35N5O8. The number of carbonyl (C=O) groups is 4. The molecule has 1 unspecified atom stereocenters. The predicted molar refractivity (Wildman–Crippen MR) is 157 cm³/mol. The monoisotopic (exact) mass is 593 g/mol. The molecule has 228 valence electrons. The van der Waals surface area contributed by atoms with Crippen molar-refractivity contribution in [2.75, 3.05) is 6.54 Å². The van der Waals surface area contributed by atoms with E-state index in [0.29, 0.717) is 16.7 Å². The number of hydrogen-bond donors (Lipinski definition) is 4. The lowest BCUT2D eigenvalue weighted by molar-refractivity contribution is -0.171. The van der Waals surface area contributed by atoms with Crippen LogP contribution in [0.1, 0.15) is 29.5 Å². The zero-order chi connectivity index (χ0) is 30.4. The summed E-state index contributed by atoms with van der Waals surface area (Å²) < 4.78 is 16.0.